The maximum atomic E-state index is 11.3. The first-order valence-corrected chi connectivity index (χ1v) is 14.2. The number of ether oxygens (including phenoxy) is 2. The molecule has 7 nitrogen and oxygen atoms in total. The molecule has 1 aliphatic rings. The van der Waals surface area contributed by atoms with Crippen LogP contribution in [0.15, 0.2) is 78.3 Å². The van der Waals surface area contributed by atoms with E-state index in [9.17, 15) is 5.11 Å². The normalized spacial score (nSPS) is 16.2. The largest absolute Gasteiger partial charge is 0.492 e. The van der Waals surface area contributed by atoms with Crippen LogP contribution in [-0.2, 0) is 13.0 Å². The summed E-state index contributed by atoms with van der Waals surface area (Å²) in [5.74, 6) is 1.27. The molecule has 6 rings (SSSR count). The molecule has 39 heavy (non-hydrogen) atoms. The second-order valence-electron chi connectivity index (χ2n) is 9.31. The summed E-state index contributed by atoms with van der Waals surface area (Å²) in [5, 5.41) is 23.4. The molecule has 3 heterocycles. The highest BCUT2D eigenvalue weighted by Crippen LogP contribution is 2.40. The fourth-order valence-corrected chi connectivity index (χ4v) is 5.99. The van der Waals surface area contributed by atoms with Crippen LogP contribution in [0.2, 0.25) is 10.0 Å². The summed E-state index contributed by atoms with van der Waals surface area (Å²) in [6, 6.07) is 20.4. The van der Waals surface area contributed by atoms with E-state index in [2.05, 4.69) is 4.98 Å². The highest BCUT2D eigenvalue weighted by Gasteiger charge is 2.36. The molecule has 0 saturated heterocycles. The number of aromatic amines is 1. The van der Waals surface area contributed by atoms with Gasteiger partial charge in [0.25, 0.3) is 6.41 Å². The minimum atomic E-state index is -1.18. The summed E-state index contributed by atoms with van der Waals surface area (Å²) in [6.07, 6.45) is 1.43. The first-order chi connectivity index (χ1) is 19.0. The molecular weight excluding hydrogens is 555 g/mol. The lowest BCUT2D eigenvalue weighted by Gasteiger charge is -2.38. The predicted octanol–water partition coefficient (Wildman–Crippen LogP) is 6.20. The second-order valence-corrected chi connectivity index (χ2v) is 11.1. The Labute approximate surface area is 239 Å². The van der Waals surface area contributed by atoms with Crippen molar-refractivity contribution in [3.05, 3.63) is 110 Å². The van der Waals surface area contributed by atoms with E-state index in [0.717, 1.165) is 34.3 Å². The van der Waals surface area contributed by atoms with Crippen LogP contribution < -0.4 is 14.3 Å². The van der Waals surface area contributed by atoms with Crippen molar-refractivity contribution in [3.63, 3.8) is 0 Å². The third kappa shape index (κ3) is 5.44. The van der Waals surface area contributed by atoms with Crippen molar-refractivity contribution in [2.24, 2.45) is 0 Å². The molecule has 0 saturated carbocycles. The van der Waals surface area contributed by atoms with Crippen molar-refractivity contribution in [3.8, 4) is 11.5 Å². The summed E-state index contributed by atoms with van der Waals surface area (Å²) in [6.45, 7) is 1.65. The van der Waals surface area contributed by atoms with E-state index in [1.807, 2.05) is 63.5 Å². The zero-order valence-corrected chi connectivity index (χ0v) is 23.1. The smallest absolute Gasteiger partial charge is 0.260 e. The van der Waals surface area contributed by atoms with Crippen LogP contribution in [0, 0.1) is 5.41 Å². The number of aliphatic hydroxyl groups excluding tert-OH is 1. The van der Waals surface area contributed by atoms with Gasteiger partial charge in [0.1, 0.15) is 18.1 Å². The van der Waals surface area contributed by atoms with E-state index in [4.69, 9.17) is 38.1 Å². The molecule has 5 aromatic rings. The van der Waals surface area contributed by atoms with E-state index >= 15 is 0 Å². The highest BCUT2D eigenvalue weighted by atomic mass is 35.5. The number of hydrogen-bond acceptors (Lipinski definition) is 6. The lowest BCUT2D eigenvalue weighted by molar-refractivity contribution is -0.150. The van der Waals surface area contributed by atoms with Gasteiger partial charge < -0.3 is 24.1 Å². The van der Waals surface area contributed by atoms with Gasteiger partial charge in [0.15, 0.2) is 4.80 Å². The third-order valence-electron chi connectivity index (χ3n) is 6.94. The van der Waals surface area contributed by atoms with Gasteiger partial charge in [-0.25, -0.2) is 4.90 Å². The van der Waals surface area contributed by atoms with Gasteiger partial charge in [0.2, 0.25) is 0 Å². The summed E-state index contributed by atoms with van der Waals surface area (Å²) in [5.41, 5.74) is 4.18. The van der Waals surface area contributed by atoms with Crippen LogP contribution in [0.1, 0.15) is 22.9 Å². The van der Waals surface area contributed by atoms with Crippen molar-refractivity contribution >= 4 is 45.4 Å². The number of rotatable bonds is 8. The number of fused-ring (bicyclic) bond motifs is 3. The Kier molecular flexibility index (Phi) is 7.38. The molecule has 2 aromatic heterocycles. The maximum Gasteiger partial charge on any atom is 0.260 e. The third-order valence-corrected chi connectivity index (χ3v) is 8.15. The summed E-state index contributed by atoms with van der Waals surface area (Å²) < 4.78 is 13.7. The van der Waals surface area contributed by atoms with Crippen molar-refractivity contribution in [2.45, 2.75) is 25.4 Å². The fourth-order valence-electron chi connectivity index (χ4n) is 5.07. The summed E-state index contributed by atoms with van der Waals surface area (Å²) in [4.78, 5) is 6.02. The number of thiazole rings is 1. The lowest BCUT2D eigenvalue weighted by atomic mass is 9.92. The number of benzene rings is 3. The Morgan fingerprint density at radius 3 is 2.51 bits per heavy atom. The van der Waals surface area contributed by atoms with Gasteiger partial charge in [-0.15, -0.1) is 11.3 Å². The van der Waals surface area contributed by atoms with Crippen molar-refractivity contribution < 1.29 is 14.6 Å². The predicted molar refractivity (Wildman–Crippen MR) is 154 cm³/mol. The van der Waals surface area contributed by atoms with Gasteiger partial charge in [-0.05, 0) is 72.1 Å². The Morgan fingerprint density at radius 2 is 1.77 bits per heavy atom. The molecule has 200 valence electrons. The SMILES string of the molecule is N=c1sccn1CCOc1ccc(C2c3[nH]c4ccc(Cl)cc4c3CCN2C(O)Oc2ccc(Cl)cc2)cc1. The monoisotopic (exact) mass is 580 g/mol. The molecule has 0 fully saturated rings. The molecule has 10 heteroatoms. The fraction of sp³-hybridized carbons (Fsp3) is 0.207. The van der Waals surface area contributed by atoms with Crippen LogP contribution in [0.25, 0.3) is 10.9 Å². The molecule has 2 unspecified atom stereocenters. The van der Waals surface area contributed by atoms with Crippen LogP contribution in [-0.4, -0.2) is 39.1 Å². The zero-order chi connectivity index (χ0) is 26.9. The topological polar surface area (TPSA) is 86.5 Å². The van der Waals surface area contributed by atoms with Crippen LogP contribution in [0.3, 0.4) is 0 Å². The van der Waals surface area contributed by atoms with Crippen molar-refractivity contribution in [2.75, 3.05) is 13.2 Å². The number of halogens is 2. The molecule has 0 spiro atoms. The number of H-pyrrole nitrogens is 1. The first-order valence-electron chi connectivity index (χ1n) is 12.5. The van der Waals surface area contributed by atoms with E-state index < -0.39 is 6.41 Å². The quantitative estimate of drug-likeness (QED) is 0.191. The zero-order valence-electron chi connectivity index (χ0n) is 20.8. The van der Waals surface area contributed by atoms with E-state index in [-0.39, 0.29) is 6.04 Å². The molecule has 3 aromatic carbocycles. The van der Waals surface area contributed by atoms with Crippen LogP contribution >= 0.6 is 34.5 Å². The van der Waals surface area contributed by atoms with Crippen LogP contribution in [0.5, 0.6) is 11.5 Å². The van der Waals surface area contributed by atoms with Gasteiger partial charge in [0.05, 0.1) is 12.6 Å². The average Bonchev–Trinajstić information content (AvgIpc) is 3.52. The molecular formula is C29H26Cl2N4O3S. The van der Waals surface area contributed by atoms with Gasteiger partial charge in [-0.2, -0.15) is 0 Å². The van der Waals surface area contributed by atoms with Gasteiger partial charge in [-0.1, -0.05) is 35.3 Å². The number of aromatic nitrogens is 2. The Bertz CT molecular complexity index is 1650. The molecule has 2 atom stereocenters. The Hall–Kier alpha value is -3.27. The standard InChI is InChI=1S/C29H26Cl2N4O3S/c30-19-3-8-22(9-4-19)38-29(36)35-12-11-23-24-17-20(31)5-10-25(24)33-26(23)27(35)18-1-6-21(7-2-18)37-15-13-34-14-16-39-28(34)32/h1-10,14,16-17,27,29,32-33,36H,11-13,15H2. The molecule has 1 aliphatic heterocycles. The molecule has 0 radical (unpaired) electrons. The molecule has 0 amide bonds. The first kappa shape index (κ1) is 26.0. The maximum absolute atomic E-state index is 11.3. The number of nitrogens with zero attached hydrogens (tertiary/aromatic N) is 2. The number of hydrogen-bond donors (Lipinski definition) is 3. The number of nitrogens with one attached hydrogen (secondary N) is 2. The Morgan fingerprint density at radius 1 is 1.03 bits per heavy atom. The Balaban J connectivity index is 1.29. The van der Waals surface area contributed by atoms with Gasteiger partial charge >= 0.3 is 0 Å². The summed E-state index contributed by atoms with van der Waals surface area (Å²) >= 11 is 13.7. The number of aliphatic hydroxyl groups is 1. The minimum absolute atomic E-state index is 0.288. The van der Waals surface area contributed by atoms with E-state index in [1.165, 1.54) is 16.9 Å². The minimum Gasteiger partial charge on any atom is -0.492 e. The molecule has 0 aliphatic carbocycles. The van der Waals surface area contributed by atoms with E-state index in [0.29, 0.717) is 40.3 Å². The van der Waals surface area contributed by atoms with Crippen molar-refractivity contribution in [1.29, 1.82) is 5.41 Å². The van der Waals surface area contributed by atoms with Crippen LogP contribution in [0.4, 0.5) is 0 Å². The lowest BCUT2D eigenvalue weighted by Crippen LogP contribution is -2.46. The van der Waals surface area contributed by atoms with Crippen molar-refractivity contribution in [1.82, 2.24) is 14.5 Å². The van der Waals surface area contributed by atoms with Gasteiger partial charge in [0, 0.05) is 44.8 Å². The second kappa shape index (κ2) is 11.1. The summed E-state index contributed by atoms with van der Waals surface area (Å²) in [7, 11) is 0. The van der Waals surface area contributed by atoms with E-state index in [1.54, 1.807) is 24.3 Å². The molecule has 0 bridgehead atoms. The van der Waals surface area contributed by atoms with Gasteiger partial charge in [-0.3, -0.25) is 5.41 Å². The average molecular weight is 582 g/mol. The highest BCUT2D eigenvalue weighted by molar-refractivity contribution is 7.06. The molecule has 3 N–H and O–H groups in total.